The number of carbonyl (C=O) groups is 2. The van der Waals surface area contributed by atoms with E-state index in [0.717, 1.165) is 25.7 Å². The fourth-order valence-corrected chi connectivity index (χ4v) is 2.87. The Hall–Kier alpha value is -1.06. The van der Waals surface area contributed by atoms with E-state index in [2.05, 4.69) is 0 Å². The summed E-state index contributed by atoms with van der Waals surface area (Å²) in [4.78, 5) is 24.4. The molecule has 0 amide bonds. The number of esters is 2. The van der Waals surface area contributed by atoms with Crippen LogP contribution in [0.25, 0.3) is 0 Å². The van der Waals surface area contributed by atoms with E-state index in [4.69, 9.17) is 9.47 Å². The molecule has 116 valence electrons. The van der Waals surface area contributed by atoms with E-state index in [1.165, 1.54) is 12.8 Å². The molecule has 0 bridgehead atoms. The third-order valence-electron chi connectivity index (χ3n) is 4.07. The first-order chi connectivity index (χ1) is 9.61. The van der Waals surface area contributed by atoms with Crippen LogP contribution in [0.1, 0.15) is 59.3 Å². The molecule has 20 heavy (non-hydrogen) atoms. The highest BCUT2D eigenvalue weighted by atomic mass is 16.6. The van der Waals surface area contributed by atoms with Crippen LogP contribution in [0.2, 0.25) is 0 Å². The molecule has 0 aromatic rings. The van der Waals surface area contributed by atoms with Gasteiger partial charge in [0.25, 0.3) is 0 Å². The lowest BCUT2D eigenvalue weighted by molar-refractivity contribution is -0.165. The highest BCUT2D eigenvalue weighted by Gasteiger charge is 2.39. The van der Waals surface area contributed by atoms with E-state index in [0.29, 0.717) is 19.1 Å². The van der Waals surface area contributed by atoms with E-state index >= 15 is 0 Å². The van der Waals surface area contributed by atoms with Gasteiger partial charge in [0, 0.05) is 0 Å². The number of ether oxygens (including phenoxy) is 2. The monoisotopic (exact) mass is 284 g/mol. The smallest absolute Gasteiger partial charge is 0.320 e. The topological polar surface area (TPSA) is 52.6 Å². The summed E-state index contributed by atoms with van der Waals surface area (Å²) in [6, 6.07) is 0. The van der Waals surface area contributed by atoms with Crippen LogP contribution in [-0.2, 0) is 19.1 Å². The van der Waals surface area contributed by atoms with Gasteiger partial charge < -0.3 is 9.47 Å². The van der Waals surface area contributed by atoms with Crippen molar-refractivity contribution in [2.75, 3.05) is 13.2 Å². The predicted octanol–water partition coefficient (Wildman–Crippen LogP) is 3.34. The minimum Gasteiger partial charge on any atom is -0.465 e. The minimum atomic E-state index is -0.754. The molecule has 0 saturated heterocycles. The summed E-state index contributed by atoms with van der Waals surface area (Å²) < 4.78 is 10.4. The summed E-state index contributed by atoms with van der Waals surface area (Å²) in [7, 11) is 0. The second kappa shape index (κ2) is 8.98. The van der Waals surface area contributed by atoms with Crippen molar-refractivity contribution in [2.45, 2.75) is 59.3 Å². The molecule has 1 saturated carbocycles. The van der Waals surface area contributed by atoms with Gasteiger partial charge in [-0.15, -0.1) is 0 Å². The summed E-state index contributed by atoms with van der Waals surface area (Å²) in [5.74, 6) is -1.13. The molecule has 0 radical (unpaired) electrons. The fourth-order valence-electron chi connectivity index (χ4n) is 2.87. The molecule has 4 heteroatoms. The largest absolute Gasteiger partial charge is 0.465 e. The molecular weight excluding hydrogens is 256 g/mol. The zero-order valence-electron chi connectivity index (χ0n) is 13.0. The minimum absolute atomic E-state index is 0.00575. The molecule has 0 aromatic heterocycles. The highest BCUT2D eigenvalue weighted by molar-refractivity contribution is 5.95. The molecule has 1 rings (SSSR count). The van der Waals surface area contributed by atoms with E-state index in [1.54, 1.807) is 0 Å². The number of carbonyl (C=O) groups excluding carboxylic acids is 2. The first-order valence-electron chi connectivity index (χ1n) is 7.95. The lowest BCUT2D eigenvalue weighted by Crippen LogP contribution is -2.36. The maximum absolute atomic E-state index is 12.2. The zero-order chi connectivity index (χ0) is 15.0. The van der Waals surface area contributed by atoms with Crippen LogP contribution in [0.3, 0.4) is 0 Å². The molecule has 1 atom stereocenters. The maximum Gasteiger partial charge on any atom is 0.320 e. The maximum atomic E-state index is 12.2. The molecule has 0 N–H and O–H groups in total. The second-order valence-electron chi connectivity index (χ2n) is 5.72. The lowest BCUT2D eigenvalue weighted by Gasteiger charge is -2.25. The Morgan fingerprint density at radius 3 is 1.85 bits per heavy atom. The van der Waals surface area contributed by atoms with Gasteiger partial charge in [-0.1, -0.05) is 46.5 Å². The third kappa shape index (κ3) is 4.80. The SMILES string of the molecule is CCCOC(=O)C(C(=O)OCCC)C(C)C1CCCC1. The summed E-state index contributed by atoms with van der Waals surface area (Å²) >= 11 is 0. The number of hydrogen-bond donors (Lipinski definition) is 0. The zero-order valence-corrected chi connectivity index (χ0v) is 13.0. The van der Waals surface area contributed by atoms with Gasteiger partial charge in [0.1, 0.15) is 0 Å². The van der Waals surface area contributed by atoms with Crippen LogP contribution < -0.4 is 0 Å². The van der Waals surface area contributed by atoms with Crippen molar-refractivity contribution in [1.82, 2.24) is 0 Å². The van der Waals surface area contributed by atoms with Gasteiger partial charge in [0.15, 0.2) is 5.92 Å². The van der Waals surface area contributed by atoms with Crippen LogP contribution in [0.5, 0.6) is 0 Å². The Bertz CT molecular complexity index is 288. The summed E-state index contributed by atoms with van der Waals surface area (Å²) in [6.07, 6.45) is 6.10. The van der Waals surface area contributed by atoms with Crippen molar-refractivity contribution < 1.29 is 19.1 Å². The van der Waals surface area contributed by atoms with Gasteiger partial charge in [-0.2, -0.15) is 0 Å². The molecule has 0 aliphatic heterocycles. The molecule has 1 aliphatic rings. The van der Waals surface area contributed by atoms with Crippen molar-refractivity contribution in [3.8, 4) is 0 Å². The van der Waals surface area contributed by atoms with E-state index in [-0.39, 0.29) is 5.92 Å². The first-order valence-corrected chi connectivity index (χ1v) is 7.95. The van der Waals surface area contributed by atoms with E-state index in [9.17, 15) is 9.59 Å². The van der Waals surface area contributed by atoms with Crippen molar-refractivity contribution >= 4 is 11.9 Å². The van der Waals surface area contributed by atoms with Gasteiger partial charge in [0.2, 0.25) is 0 Å². The van der Waals surface area contributed by atoms with Gasteiger partial charge >= 0.3 is 11.9 Å². The Morgan fingerprint density at radius 2 is 1.45 bits per heavy atom. The third-order valence-corrected chi connectivity index (χ3v) is 4.07. The van der Waals surface area contributed by atoms with Crippen LogP contribution in [-0.4, -0.2) is 25.2 Å². The molecule has 1 unspecified atom stereocenters. The lowest BCUT2D eigenvalue weighted by atomic mass is 9.82. The van der Waals surface area contributed by atoms with Crippen molar-refractivity contribution in [2.24, 2.45) is 17.8 Å². The molecule has 0 heterocycles. The Kier molecular flexibility index (Phi) is 7.63. The van der Waals surface area contributed by atoms with Gasteiger partial charge in [-0.3, -0.25) is 9.59 Å². The van der Waals surface area contributed by atoms with Crippen molar-refractivity contribution in [1.29, 1.82) is 0 Å². The van der Waals surface area contributed by atoms with Crippen LogP contribution in [0.4, 0.5) is 0 Å². The summed E-state index contributed by atoms with van der Waals surface area (Å²) in [6.45, 7) is 6.61. The number of rotatable bonds is 8. The average molecular weight is 284 g/mol. The molecule has 1 fully saturated rings. The summed E-state index contributed by atoms with van der Waals surface area (Å²) in [5, 5.41) is 0. The second-order valence-corrected chi connectivity index (χ2v) is 5.72. The highest BCUT2D eigenvalue weighted by Crippen LogP contribution is 2.36. The fraction of sp³-hybridized carbons (Fsp3) is 0.875. The van der Waals surface area contributed by atoms with Crippen molar-refractivity contribution in [3.05, 3.63) is 0 Å². The summed E-state index contributed by atoms with van der Waals surface area (Å²) in [5.41, 5.74) is 0. The standard InChI is InChI=1S/C16H28O4/c1-4-10-19-15(17)14(16(18)20-11-5-2)12(3)13-8-6-7-9-13/h12-14H,4-11H2,1-3H3. The molecule has 4 nitrogen and oxygen atoms in total. The van der Waals surface area contributed by atoms with E-state index in [1.807, 2.05) is 20.8 Å². The van der Waals surface area contributed by atoms with E-state index < -0.39 is 17.9 Å². The van der Waals surface area contributed by atoms with Gasteiger partial charge in [0.05, 0.1) is 13.2 Å². The Labute approximate surface area is 122 Å². The van der Waals surface area contributed by atoms with Crippen molar-refractivity contribution in [3.63, 3.8) is 0 Å². The van der Waals surface area contributed by atoms with Gasteiger partial charge in [-0.05, 0) is 24.7 Å². The molecular formula is C16H28O4. The van der Waals surface area contributed by atoms with Crippen LogP contribution >= 0.6 is 0 Å². The Morgan fingerprint density at radius 1 is 1.00 bits per heavy atom. The predicted molar refractivity (Wildman–Crippen MR) is 77.1 cm³/mol. The molecule has 0 aromatic carbocycles. The number of hydrogen-bond acceptors (Lipinski definition) is 4. The molecule has 1 aliphatic carbocycles. The van der Waals surface area contributed by atoms with Gasteiger partial charge in [-0.25, -0.2) is 0 Å². The molecule has 0 spiro atoms. The average Bonchev–Trinajstić information content (AvgIpc) is 2.97. The normalized spacial score (nSPS) is 17.2. The Balaban J connectivity index is 2.70. The van der Waals surface area contributed by atoms with Crippen LogP contribution in [0, 0.1) is 17.8 Å². The van der Waals surface area contributed by atoms with Crippen LogP contribution in [0.15, 0.2) is 0 Å². The quantitative estimate of drug-likeness (QED) is 0.507. The first kappa shape index (κ1) is 17.0.